The van der Waals surface area contributed by atoms with E-state index >= 15 is 0 Å². The highest BCUT2D eigenvalue weighted by molar-refractivity contribution is 5.31. The SMILES string of the molecule is C=CC(=C)/C=C\C(=C/C)N1CCCC(c2ccccc2)C1. The molecule has 1 aromatic carbocycles. The van der Waals surface area contributed by atoms with Crippen molar-refractivity contribution in [2.45, 2.75) is 25.7 Å². The number of rotatable bonds is 5. The largest absolute Gasteiger partial charge is 0.371 e. The average molecular weight is 279 g/mol. The number of benzene rings is 1. The van der Waals surface area contributed by atoms with Crippen molar-refractivity contribution < 1.29 is 0 Å². The number of hydrogen-bond donors (Lipinski definition) is 0. The second-order valence-corrected chi connectivity index (χ2v) is 5.52. The van der Waals surface area contributed by atoms with Crippen molar-refractivity contribution >= 4 is 0 Å². The van der Waals surface area contributed by atoms with Gasteiger partial charge >= 0.3 is 0 Å². The Hall–Kier alpha value is -2.02. The summed E-state index contributed by atoms with van der Waals surface area (Å²) >= 11 is 0. The molecule has 0 aromatic heterocycles. The van der Waals surface area contributed by atoms with Gasteiger partial charge in [-0.15, -0.1) is 0 Å². The van der Waals surface area contributed by atoms with Gasteiger partial charge in [0.05, 0.1) is 0 Å². The summed E-state index contributed by atoms with van der Waals surface area (Å²) in [7, 11) is 0. The average Bonchev–Trinajstić information content (AvgIpc) is 2.56. The maximum absolute atomic E-state index is 3.94. The lowest BCUT2D eigenvalue weighted by atomic mass is 9.90. The van der Waals surface area contributed by atoms with Crippen LogP contribution in [0.25, 0.3) is 0 Å². The van der Waals surface area contributed by atoms with Crippen LogP contribution in [0.2, 0.25) is 0 Å². The third kappa shape index (κ3) is 4.22. The maximum atomic E-state index is 3.94. The lowest BCUT2D eigenvalue weighted by Gasteiger charge is -2.35. The molecule has 21 heavy (non-hydrogen) atoms. The molecule has 0 N–H and O–H groups in total. The zero-order valence-corrected chi connectivity index (χ0v) is 13.0. The highest BCUT2D eigenvalue weighted by atomic mass is 15.1. The topological polar surface area (TPSA) is 3.24 Å². The Morgan fingerprint density at radius 1 is 1.24 bits per heavy atom. The Labute approximate surface area is 129 Å². The van der Waals surface area contributed by atoms with Crippen molar-refractivity contribution in [1.82, 2.24) is 4.90 Å². The molecule has 0 spiro atoms. The van der Waals surface area contributed by atoms with Crippen LogP contribution in [0.3, 0.4) is 0 Å². The number of nitrogens with zero attached hydrogens (tertiary/aromatic N) is 1. The van der Waals surface area contributed by atoms with Gasteiger partial charge in [0.1, 0.15) is 0 Å². The van der Waals surface area contributed by atoms with E-state index in [4.69, 9.17) is 0 Å². The van der Waals surface area contributed by atoms with Crippen LogP contribution in [0, 0.1) is 0 Å². The molecule has 2 rings (SSSR count). The number of hydrogen-bond acceptors (Lipinski definition) is 1. The summed E-state index contributed by atoms with van der Waals surface area (Å²) in [6.45, 7) is 12.0. The summed E-state index contributed by atoms with van der Waals surface area (Å²) in [5, 5.41) is 0. The quantitative estimate of drug-likeness (QED) is 0.680. The first-order chi connectivity index (χ1) is 10.2. The van der Waals surface area contributed by atoms with Crippen molar-refractivity contribution in [3.05, 3.63) is 84.6 Å². The first-order valence-corrected chi connectivity index (χ1v) is 7.70. The van der Waals surface area contributed by atoms with Gasteiger partial charge in [0, 0.05) is 24.7 Å². The minimum atomic E-state index is 0.630. The Morgan fingerprint density at radius 3 is 2.67 bits per heavy atom. The summed E-state index contributed by atoms with van der Waals surface area (Å²) in [6.07, 6.45) is 10.7. The minimum absolute atomic E-state index is 0.630. The van der Waals surface area contributed by atoms with Gasteiger partial charge in [0.15, 0.2) is 0 Å². The first kappa shape index (κ1) is 15.4. The molecule has 1 heteroatoms. The monoisotopic (exact) mass is 279 g/mol. The van der Waals surface area contributed by atoms with Crippen LogP contribution < -0.4 is 0 Å². The minimum Gasteiger partial charge on any atom is -0.371 e. The highest BCUT2D eigenvalue weighted by Crippen LogP contribution is 2.28. The second kappa shape index (κ2) is 7.68. The Morgan fingerprint density at radius 2 is 2.00 bits per heavy atom. The van der Waals surface area contributed by atoms with E-state index in [0.29, 0.717) is 5.92 Å². The molecule has 110 valence electrons. The smallest absolute Gasteiger partial charge is 0.0323 e. The summed E-state index contributed by atoms with van der Waals surface area (Å²) in [5.41, 5.74) is 3.68. The lowest BCUT2D eigenvalue weighted by molar-refractivity contribution is 0.265. The predicted octanol–water partition coefficient (Wildman–Crippen LogP) is 5.07. The van der Waals surface area contributed by atoms with Crippen LogP contribution in [0.15, 0.2) is 79.1 Å². The third-order valence-corrected chi connectivity index (χ3v) is 4.08. The molecule has 1 aliphatic rings. The summed E-state index contributed by atoms with van der Waals surface area (Å²) in [6, 6.07) is 10.9. The van der Waals surface area contributed by atoms with Gasteiger partial charge in [0.2, 0.25) is 0 Å². The molecule has 1 atom stereocenters. The van der Waals surface area contributed by atoms with E-state index in [1.165, 1.54) is 24.1 Å². The fraction of sp³-hybridized carbons (Fsp3) is 0.300. The van der Waals surface area contributed by atoms with Crippen molar-refractivity contribution in [2.75, 3.05) is 13.1 Å². The van der Waals surface area contributed by atoms with Gasteiger partial charge in [-0.05, 0) is 37.0 Å². The van der Waals surface area contributed by atoms with Crippen LogP contribution in [-0.2, 0) is 0 Å². The van der Waals surface area contributed by atoms with E-state index in [0.717, 1.165) is 18.7 Å². The summed E-state index contributed by atoms with van der Waals surface area (Å²) < 4.78 is 0. The normalized spacial score (nSPS) is 19.8. The number of piperidine rings is 1. The predicted molar refractivity (Wildman–Crippen MR) is 92.2 cm³/mol. The number of likely N-dealkylation sites (tertiary alicyclic amines) is 1. The van der Waals surface area contributed by atoms with Crippen LogP contribution in [0.1, 0.15) is 31.2 Å². The van der Waals surface area contributed by atoms with Gasteiger partial charge < -0.3 is 4.90 Å². The zero-order valence-electron chi connectivity index (χ0n) is 13.0. The van der Waals surface area contributed by atoms with Crippen LogP contribution in [0.4, 0.5) is 0 Å². The molecule has 0 saturated carbocycles. The molecule has 1 heterocycles. The Balaban J connectivity index is 2.07. The Kier molecular flexibility index (Phi) is 5.62. The molecule has 0 amide bonds. The summed E-state index contributed by atoms with van der Waals surface area (Å²) in [4.78, 5) is 2.48. The zero-order chi connectivity index (χ0) is 15.1. The molecule has 0 bridgehead atoms. The van der Waals surface area contributed by atoms with Crippen molar-refractivity contribution in [3.63, 3.8) is 0 Å². The van der Waals surface area contributed by atoms with Crippen LogP contribution in [-0.4, -0.2) is 18.0 Å². The van der Waals surface area contributed by atoms with E-state index in [2.05, 4.69) is 67.5 Å². The highest BCUT2D eigenvalue weighted by Gasteiger charge is 2.21. The van der Waals surface area contributed by atoms with Gasteiger partial charge in [-0.3, -0.25) is 0 Å². The molecule has 1 fully saturated rings. The molecular formula is C20H25N. The molecule has 0 radical (unpaired) electrons. The molecule has 1 nitrogen and oxygen atoms in total. The maximum Gasteiger partial charge on any atom is 0.0323 e. The molecule has 0 aliphatic carbocycles. The van der Waals surface area contributed by atoms with Gasteiger partial charge in [0.25, 0.3) is 0 Å². The van der Waals surface area contributed by atoms with Crippen molar-refractivity contribution in [1.29, 1.82) is 0 Å². The second-order valence-electron chi connectivity index (χ2n) is 5.52. The van der Waals surface area contributed by atoms with E-state index in [9.17, 15) is 0 Å². The van der Waals surface area contributed by atoms with E-state index in [1.807, 2.05) is 6.08 Å². The van der Waals surface area contributed by atoms with Crippen molar-refractivity contribution in [3.8, 4) is 0 Å². The van der Waals surface area contributed by atoms with Crippen LogP contribution >= 0.6 is 0 Å². The third-order valence-electron chi connectivity index (χ3n) is 4.08. The van der Waals surface area contributed by atoms with Gasteiger partial charge in [-0.25, -0.2) is 0 Å². The van der Waals surface area contributed by atoms with E-state index < -0.39 is 0 Å². The van der Waals surface area contributed by atoms with Gasteiger partial charge in [-0.2, -0.15) is 0 Å². The Bertz CT molecular complexity index is 536. The fourth-order valence-electron chi connectivity index (χ4n) is 2.85. The first-order valence-electron chi connectivity index (χ1n) is 7.70. The van der Waals surface area contributed by atoms with Gasteiger partial charge in [-0.1, -0.05) is 61.7 Å². The van der Waals surface area contributed by atoms with Crippen molar-refractivity contribution in [2.24, 2.45) is 0 Å². The molecule has 1 unspecified atom stereocenters. The standard InChI is InChI=1S/C20H25N/c1-4-17(3)13-14-20(5-2)21-15-9-12-19(16-21)18-10-7-6-8-11-18/h4-8,10-11,13-14,19H,1,3,9,12,15-16H2,2H3/b14-13-,20-5+. The molecule has 1 saturated heterocycles. The summed E-state index contributed by atoms with van der Waals surface area (Å²) in [5.74, 6) is 0.630. The van der Waals surface area contributed by atoms with E-state index in [1.54, 1.807) is 6.08 Å². The lowest BCUT2D eigenvalue weighted by Crippen LogP contribution is -2.33. The van der Waals surface area contributed by atoms with Crippen LogP contribution in [0.5, 0.6) is 0 Å². The molecule has 1 aliphatic heterocycles. The molecule has 1 aromatic rings. The number of allylic oxidation sites excluding steroid dienone is 5. The fourth-order valence-corrected chi connectivity index (χ4v) is 2.85. The van der Waals surface area contributed by atoms with E-state index in [-0.39, 0.29) is 0 Å². The molecular weight excluding hydrogens is 254 g/mol.